The van der Waals surface area contributed by atoms with E-state index in [0.29, 0.717) is 6.54 Å². The fourth-order valence-electron chi connectivity index (χ4n) is 1.77. The van der Waals surface area contributed by atoms with Crippen LogP contribution in [0.5, 0.6) is 5.75 Å². The average molecular weight is 227 g/mol. The SMILES string of the molecule is NCCNCC1Cc2cc(Cl)ccc2O1. The van der Waals surface area contributed by atoms with E-state index in [1.54, 1.807) is 0 Å². The monoisotopic (exact) mass is 226 g/mol. The van der Waals surface area contributed by atoms with Crippen LogP contribution in [0, 0.1) is 0 Å². The van der Waals surface area contributed by atoms with Crippen molar-refractivity contribution in [2.24, 2.45) is 5.73 Å². The van der Waals surface area contributed by atoms with Gasteiger partial charge in [-0.1, -0.05) is 11.6 Å². The maximum Gasteiger partial charge on any atom is 0.123 e. The van der Waals surface area contributed by atoms with E-state index in [1.165, 1.54) is 5.56 Å². The highest BCUT2D eigenvalue weighted by Gasteiger charge is 2.22. The van der Waals surface area contributed by atoms with Gasteiger partial charge in [0.1, 0.15) is 11.9 Å². The average Bonchev–Trinajstić information content (AvgIpc) is 2.60. The van der Waals surface area contributed by atoms with Gasteiger partial charge in [-0.05, 0) is 23.8 Å². The van der Waals surface area contributed by atoms with Crippen LogP contribution in [-0.2, 0) is 6.42 Å². The van der Waals surface area contributed by atoms with Crippen LogP contribution in [0.15, 0.2) is 18.2 Å². The summed E-state index contributed by atoms with van der Waals surface area (Å²) < 4.78 is 5.75. The van der Waals surface area contributed by atoms with Crippen molar-refractivity contribution in [3.8, 4) is 5.75 Å². The van der Waals surface area contributed by atoms with Crippen molar-refractivity contribution in [2.75, 3.05) is 19.6 Å². The summed E-state index contributed by atoms with van der Waals surface area (Å²) in [6, 6.07) is 5.76. The van der Waals surface area contributed by atoms with Crippen LogP contribution in [0.2, 0.25) is 5.02 Å². The van der Waals surface area contributed by atoms with Crippen molar-refractivity contribution in [1.29, 1.82) is 0 Å². The third-order valence-corrected chi connectivity index (χ3v) is 2.69. The molecule has 1 atom stereocenters. The fraction of sp³-hybridized carbons (Fsp3) is 0.455. The normalized spacial score (nSPS) is 18.7. The summed E-state index contributed by atoms with van der Waals surface area (Å²) in [5, 5.41) is 4.01. The standard InChI is InChI=1S/C11H15ClN2O/c12-9-1-2-11-8(5-9)6-10(15-11)7-14-4-3-13/h1-2,5,10,14H,3-4,6-7,13H2. The Morgan fingerprint density at radius 1 is 1.53 bits per heavy atom. The van der Waals surface area contributed by atoms with Crippen molar-refractivity contribution in [2.45, 2.75) is 12.5 Å². The topological polar surface area (TPSA) is 47.3 Å². The fourth-order valence-corrected chi connectivity index (χ4v) is 1.96. The number of nitrogens with one attached hydrogen (secondary N) is 1. The maximum absolute atomic E-state index is 5.91. The minimum atomic E-state index is 0.213. The summed E-state index contributed by atoms with van der Waals surface area (Å²) in [6.07, 6.45) is 1.14. The second-order valence-electron chi connectivity index (χ2n) is 3.69. The van der Waals surface area contributed by atoms with Crippen LogP contribution in [0.3, 0.4) is 0 Å². The number of hydrogen-bond acceptors (Lipinski definition) is 3. The van der Waals surface area contributed by atoms with Gasteiger partial charge in [-0.3, -0.25) is 0 Å². The van der Waals surface area contributed by atoms with E-state index in [2.05, 4.69) is 5.32 Å². The minimum Gasteiger partial charge on any atom is -0.488 e. The van der Waals surface area contributed by atoms with Gasteiger partial charge in [-0.2, -0.15) is 0 Å². The largest absolute Gasteiger partial charge is 0.488 e. The number of fused-ring (bicyclic) bond motifs is 1. The molecule has 0 saturated carbocycles. The summed E-state index contributed by atoms with van der Waals surface area (Å²) >= 11 is 5.91. The van der Waals surface area contributed by atoms with Gasteiger partial charge in [-0.25, -0.2) is 0 Å². The molecule has 1 aromatic carbocycles. The van der Waals surface area contributed by atoms with Gasteiger partial charge in [0, 0.05) is 31.1 Å². The molecule has 1 heterocycles. The number of rotatable bonds is 4. The van der Waals surface area contributed by atoms with Crippen molar-refractivity contribution in [1.82, 2.24) is 5.32 Å². The molecule has 0 radical (unpaired) electrons. The Balaban J connectivity index is 1.91. The molecule has 1 aromatic rings. The molecule has 1 unspecified atom stereocenters. The minimum absolute atomic E-state index is 0.213. The first-order valence-electron chi connectivity index (χ1n) is 5.15. The second kappa shape index (κ2) is 4.84. The first-order chi connectivity index (χ1) is 7.29. The van der Waals surface area contributed by atoms with Crippen LogP contribution in [0.25, 0.3) is 0 Å². The van der Waals surface area contributed by atoms with Gasteiger partial charge in [0.15, 0.2) is 0 Å². The van der Waals surface area contributed by atoms with Gasteiger partial charge in [0.25, 0.3) is 0 Å². The Bertz CT molecular complexity index is 343. The Kier molecular flexibility index (Phi) is 3.46. The zero-order valence-corrected chi connectivity index (χ0v) is 9.26. The Hall–Kier alpha value is -0.770. The van der Waals surface area contributed by atoms with Crippen LogP contribution in [-0.4, -0.2) is 25.7 Å². The molecule has 0 spiro atoms. The van der Waals surface area contributed by atoms with Gasteiger partial charge >= 0.3 is 0 Å². The third kappa shape index (κ3) is 2.62. The lowest BCUT2D eigenvalue weighted by atomic mass is 10.1. The quantitative estimate of drug-likeness (QED) is 0.759. The van der Waals surface area contributed by atoms with Crippen LogP contribution in [0.1, 0.15) is 5.56 Å². The van der Waals surface area contributed by atoms with Gasteiger partial charge < -0.3 is 15.8 Å². The molecule has 3 N–H and O–H groups in total. The Morgan fingerprint density at radius 3 is 3.20 bits per heavy atom. The van der Waals surface area contributed by atoms with E-state index in [9.17, 15) is 0 Å². The molecular formula is C11H15ClN2O. The molecule has 2 rings (SSSR count). The molecule has 15 heavy (non-hydrogen) atoms. The van der Waals surface area contributed by atoms with E-state index in [0.717, 1.165) is 30.3 Å². The lowest BCUT2D eigenvalue weighted by Gasteiger charge is -2.10. The molecule has 4 heteroatoms. The highest BCUT2D eigenvalue weighted by molar-refractivity contribution is 6.30. The highest BCUT2D eigenvalue weighted by atomic mass is 35.5. The molecule has 1 aliphatic rings. The maximum atomic E-state index is 5.91. The molecule has 0 saturated heterocycles. The molecular weight excluding hydrogens is 212 g/mol. The van der Waals surface area contributed by atoms with Gasteiger partial charge in [-0.15, -0.1) is 0 Å². The predicted octanol–water partition coefficient (Wildman–Crippen LogP) is 1.19. The first-order valence-corrected chi connectivity index (χ1v) is 5.53. The molecule has 3 nitrogen and oxygen atoms in total. The van der Waals surface area contributed by atoms with Crippen LogP contribution in [0.4, 0.5) is 0 Å². The number of halogens is 1. The predicted molar refractivity (Wildman–Crippen MR) is 61.5 cm³/mol. The molecule has 0 bridgehead atoms. The molecule has 0 amide bonds. The lowest BCUT2D eigenvalue weighted by molar-refractivity contribution is 0.228. The molecule has 0 fully saturated rings. The molecule has 1 aliphatic heterocycles. The lowest BCUT2D eigenvalue weighted by Crippen LogP contribution is -2.33. The summed E-state index contributed by atoms with van der Waals surface area (Å²) in [5.41, 5.74) is 6.59. The first kappa shape index (κ1) is 10.7. The van der Waals surface area contributed by atoms with Crippen molar-refractivity contribution in [3.05, 3.63) is 28.8 Å². The summed E-state index contributed by atoms with van der Waals surface area (Å²) in [4.78, 5) is 0. The van der Waals surface area contributed by atoms with E-state index in [1.807, 2.05) is 18.2 Å². The molecule has 0 aliphatic carbocycles. The van der Waals surface area contributed by atoms with Gasteiger partial charge in [0.05, 0.1) is 0 Å². The zero-order valence-electron chi connectivity index (χ0n) is 8.50. The van der Waals surface area contributed by atoms with Crippen molar-refractivity contribution < 1.29 is 4.74 Å². The van der Waals surface area contributed by atoms with E-state index in [4.69, 9.17) is 22.1 Å². The second-order valence-corrected chi connectivity index (χ2v) is 4.13. The molecule has 0 aromatic heterocycles. The Labute approximate surface area is 94.6 Å². The molecule has 82 valence electrons. The highest BCUT2D eigenvalue weighted by Crippen LogP contribution is 2.30. The number of nitrogens with two attached hydrogens (primary N) is 1. The van der Waals surface area contributed by atoms with Crippen molar-refractivity contribution in [3.63, 3.8) is 0 Å². The van der Waals surface area contributed by atoms with Crippen LogP contribution >= 0.6 is 11.6 Å². The van der Waals surface area contributed by atoms with Crippen molar-refractivity contribution >= 4 is 11.6 Å². The number of ether oxygens (including phenoxy) is 1. The Morgan fingerprint density at radius 2 is 2.40 bits per heavy atom. The van der Waals surface area contributed by atoms with E-state index >= 15 is 0 Å². The zero-order chi connectivity index (χ0) is 10.7. The van der Waals surface area contributed by atoms with Gasteiger partial charge in [0.2, 0.25) is 0 Å². The summed E-state index contributed by atoms with van der Waals surface area (Å²) in [5.74, 6) is 0.957. The van der Waals surface area contributed by atoms with E-state index in [-0.39, 0.29) is 6.10 Å². The summed E-state index contributed by atoms with van der Waals surface area (Å²) in [6.45, 7) is 2.33. The number of benzene rings is 1. The van der Waals surface area contributed by atoms with E-state index < -0.39 is 0 Å². The van der Waals surface area contributed by atoms with Crippen LogP contribution < -0.4 is 15.8 Å². The number of hydrogen-bond donors (Lipinski definition) is 2. The summed E-state index contributed by atoms with van der Waals surface area (Å²) in [7, 11) is 0. The smallest absolute Gasteiger partial charge is 0.123 e. The third-order valence-electron chi connectivity index (χ3n) is 2.46.